The zero-order valence-electron chi connectivity index (χ0n) is 20.0. The molecule has 0 aliphatic carbocycles. The Morgan fingerprint density at radius 1 is 0.727 bits per heavy atom. The zero-order valence-corrected chi connectivity index (χ0v) is 20.0. The van der Waals surface area contributed by atoms with Crippen LogP contribution in [0.15, 0.2) is 53.7 Å². The quantitative estimate of drug-likeness (QED) is 0.163. The molecule has 0 aliphatic heterocycles. The summed E-state index contributed by atoms with van der Waals surface area (Å²) in [4.78, 5) is 42.6. The van der Waals surface area contributed by atoms with Gasteiger partial charge in [0.15, 0.2) is 11.6 Å². The standard InChI is InChI=1S/C26H31NO6/c1-25(2,3)21(29)17-7-11-19(12-8-17)23(27-32-16-15-28)33-24(31)20-13-9-18(10-14-20)22(30)26(4,5)6/h7-14,28H,15-16H2,1-6H3. The summed E-state index contributed by atoms with van der Waals surface area (Å²) < 4.78 is 5.44. The highest BCUT2D eigenvalue weighted by Gasteiger charge is 2.24. The number of carbonyl (C=O) groups excluding carboxylic acids is 3. The van der Waals surface area contributed by atoms with E-state index in [4.69, 9.17) is 14.7 Å². The lowest BCUT2D eigenvalue weighted by Crippen LogP contribution is -2.21. The fourth-order valence-corrected chi connectivity index (χ4v) is 2.81. The van der Waals surface area contributed by atoms with E-state index in [2.05, 4.69) is 5.16 Å². The molecule has 2 aromatic rings. The van der Waals surface area contributed by atoms with Crippen LogP contribution in [0.25, 0.3) is 0 Å². The van der Waals surface area contributed by atoms with E-state index in [1.165, 1.54) is 12.1 Å². The molecule has 0 radical (unpaired) electrons. The van der Waals surface area contributed by atoms with Crippen molar-refractivity contribution in [3.8, 4) is 0 Å². The highest BCUT2D eigenvalue weighted by Crippen LogP contribution is 2.22. The maximum absolute atomic E-state index is 12.7. The van der Waals surface area contributed by atoms with Crippen LogP contribution in [-0.2, 0) is 9.57 Å². The van der Waals surface area contributed by atoms with Gasteiger partial charge in [0, 0.05) is 27.5 Å². The summed E-state index contributed by atoms with van der Waals surface area (Å²) in [6.45, 7) is 10.6. The number of hydrogen-bond acceptors (Lipinski definition) is 7. The van der Waals surface area contributed by atoms with Gasteiger partial charge in [0.25, 0.3) is 5.90 Å². The zero-order chi connectivity index (χ0) is 24.8. The number of ketones is 2. The van der Waals surface area contributed by atoms with Crippen molar-refractivity contribution < 1.29 is 29.1 Å². The smallest absolute Gasteiger partial charge is 0.344 e. The maximum atomic E-state index is 12.7. The van der Waals surface area contributed by atoms with Gasteiger partial charge in [0.2, 0.25) is 0 Å². The Balaban J connectivity index is 2.25. The molecule has 7 nitrogen and oxygen atoms in total. The van der Waals surface area contributed by atoms with Crippen LogP contribution in [0.4, 0.5) is 0 Å². The summed E-state index contributed by atoms with van der Waals surface area (Å²) in [5, 5.41) is 12.8. The molecule has 7 heteroatoms. The summed E-state index contributed by atoms with van der Waals surface area (Å²) in [5.41, 5.74) is 0.606. The molecule has 0 atom stereocenters. The number of oxime groups is 1. The highest BCUT2D eigenvalue weighted by atomic mass is 16.7. The number of Topliss-reactive ketones (excluding diaryl/α,β-unsaturated/α-hetero) is 2. The highest BCUT2D eigenvalue weighted by molar-refractivity contribution is 6.06. The molecule has 0 aromatic heterocycles. The molecule has 2 aromatic carbocycles. The number of aliphatic hydroxyl groups excluding tert-OH is 1. The molecule has 0 amide bonds. The third-order valence-corrected chi connectivity index (χ3v) is 4.66. The lowest BCUT2D eigenvalue weighted by molar-refractivity contribution is 0.0666. The second kappa shape index (κ2) is 10.5. The normalized spacial score (nSPS) is 12.3. The van der Waals surface area contributed by atoms with Gasteiger partial charge < -0.3 is 14.7 Å². The van der Waals surface area contributed by atoms with Crippen molar-refractivity contribution in [3.05, 3.63) is 70.8 Å². The Kier molecular flexibility index (Phi) is 8.28. The third kappa shape index (κ3) is 7.08. The molecule has 2 rings (SSSR count). The fourth-order valence-electron chi connectivity index (χ4n) is 2.81. The molecule has 176 valence electrons. The second-order valence-corrected chi connectivity index (χ2v) is 9.66. The Morgan fingerprint density at radius 3 is 1.52 bits per heavy atom. The van der Waals surface area contributed by atoms with Crippen LogP contribution < -0.4 is 0 Å². The molecular weight excluding hydrogens is 422 g/mol. The number of esters is 1. The molecular formula is C26H31NO6. The molecule has 1 N–H and O–H groups in total. The van der Waals surface area contributed by atoms with Crippen LogP contribution in [-0.4, -0.2) is 41.8 Å². The first-order valence-corrected chi connectivity index (χ1v) is 10.7. The molecule has 0 saturated carbocycles. The predicted octanol–water partition coefficient (Wildman–Crippen LogP) is 4.67. The number of nitrogens with zero attached hydrogens (tertiary/aromatic N) is 1. The minimum absolute atomic E-state index is 0.0223. The van der Waals surface area contributed by atoms with Gasteiger partial charge >= 0.3 is 5.97 Å². The van der Waals surface area contributed by atoms with Crippen LogP contribution in [0.1, 0.15) is 78.2 Å². The first kappa shape index (κ1) is 25.9. The Hall–Kier alpha value is -3.32. The minimum Gasteiger partial charge on any atom is -0.400 e. The van der Waals surface area contributed by atoms with E-state index in [-0.39, 0.29) is 36.2 Å². The summed E-state index contributed by atoms with van der Waals surface area (Å²) in [5.74, 6) is -0.859. The third-order valence-electron chi connectivity index (χ3n) is 4.66. The lowest BCUT2D eigenvalue weighted by atomic mass is 9.86. The lowest BCUT2D eigenvalue weighted by Gasteiger charge is -2.17. The van der Waals surface area contributed by atoms with Crippen molar-refractivity contribution in [2.45, 2.75) is 41.5 Å². The predicted molar refractivity (Wildman–Crippen MR) is 125 cm³/mol. The maximum Gasteiger partial charge on any atom is 0.344 e. The van der Waals surface area contributed by atoms with Crippen LogP contribution in [0.2, 0.25) is 0 Å². The van der Waals surface area contributed by atoms with Gasteiger partial charge in [-0.3, -0.25) is 9.59 Å². The van der Waals surface area contributed by atoms with Crippen molar-refractivity contribution in [2.24, 2.45) is 16.0 Å². The monoisotopic (exact) mass is 453 g/mol. The second-order valence-electron chi connectivity index (χ2n) is 9.66. The van der Waals surface area contributed by atoms with Crippen molar-refractivity contribution in [1.82, 2.24) is 0 Å². The molecule has 0 unspecified atom stereocenters. The molecule has 0 spiro atoms. The van der Waals surface area contributed by atoms with Gasteiger partial charge in [-0.15, -0.1) is 0 Å². The van der Waals surface area contributed by atoms with E-state index in [1.807, 2.05) is 41.5 Å². The molecule has 0 saturated heterocycles. The van der Waals surface area contributed by atoms with Gasteiger partial charge in [-0.25, -0.2) is 4.79 Å². The summed E-state index contributed by atoms with van der Waals surface area (Å²) >= 11 is 0. The van der Waals surface area contributed by atoms with Crippen LogP contribution in [0.5, 0.6) is 0 Å². The van der Waals surface area contributed by atoms with Crippen LogP contribution >= 0.6 is 0 Å². The fraction of sp³-hybridized carbons (Fsp3) is 0.385. The largest absolute Gasteiger partial charge is 0.400 e. The van der Waals surface area contributed by atoms with E-state index >= 15 is 0 Å². The average molecular weight is 454 g/mol. The van der Waals surface area contributed by atoms with Gasteiger partial charge in [-0.1, -0.05) is 65.8 Å². The van der Waals surface area contributed by atoms with E-state index in [9.17, 15) is 14.4 Å². The summed E-state index contributed by atoms with van der Waals surface area (Å²) in [7, 11) is 0. The number of carbonyl (C=O) groups is 3. The van der Waals surface area contributed by atoms with Crippen molar-refractivity contribution in [1.29, 1.82) is 0 Å². The average Bonchev–Trinajstić information content (AvgIpc) is 2.76. The van der Waals surface area contributed by atoms with Crippen molar-refractivity contribution in [2.75, 3.05) is 13.2 Å². The first-order valence-electron chi connectivity index (χ1n) is 10.7. The van der Waals surface area contributed by atoms with E-state index < -0.39 is 16.8 Å². The Morgan fingerprint density at radius 2 is 1.12 bits per heavy atom. The molecule has 0 fully saturated rings. The SMILES string of the molecule is CC(C)(C)C(=O)c1ccc(C(=O)OC(=NOCCO)c2ccc(C(=O)C(C)(C)C)cc2)cc1. The number of rotatable bonds is 7. The number of ether oxygens (including phenoxy) is 1. The van der Waals surface area contributed by atoms with E-state index in [0.29, 0.717) is 16.7 Å². The van der Waals surface area contributed by atoms with Gasteiger partial charge in [-0.2, -0.15) is 0 Å². The van der Waals surface area contributed by atoms with Gasteiger partial charge in [-0.05, 0) is 29.4 Å². The van der Waals surface area contributed by atoms with Crippen LogP contribution in [0, 0.1) is 10.8 Å². The van der Waals surface area contributed by atoms with E-state index in [1.54, 1.807) is 36.4 Å². The van der Waals surface area contributed by atoms with Gasteiger partial charge in [0.1, 0.15) is 6.61 Å². The van der Waals surface area contributed by atoms with Crippen molar-refractivity contribution in [3.63, 3.8) is 0 Å². The molecule has 0 bridgehead atoms. The van der Waals surface area contributed by atoms with E-state index in [0.717, 1.165) is 0 Å². The topological polar surface area (TPSA) is 102 Å². The summed E-state index contributed by atoms with van der Waals surface area (Å²) in [6.07, 6.45) is 0. The molecule has 33 heavy (non-hydrogen) atoms. The number of hydrogen-bond donors (Lipinski definition) is 1. The van der Waals surface area contributed by atoms with Gasteiger partial charge in [0.05, 0.1) is 12.2 Å². The minimum atomic E-state index is -0.689. The summed E-state index contributed by atoms with van der Waals surface area (Å²) in [6, 6.07) is 12.7. The van der Waals surface area contributed by atoms with Crippen LogP contribution in [0.3, 0.4) is 0 Å². The first-order chi connectivity index (χ1) is 15.3. The Bertz CT molecular complexity index is 1020. The molecule has 0 aliphatic rings. The van der Waals surface area contributed by atoms with Crippen molar-refractivity contribution >= 4 is 23.4 Å². The number of aliphatic hydroxyl groups is 1. The number of benzene rings is 2. The molecule has 0 heterocycles. The Labute approximate surface area is 194 Å².